The van der Waals surface area contributed by atoms with Crippen LogP contribution in [0.25, 0.3) is 0 Å². The van der Waals surface area contributed by atoms with Gasteiger partial charge in [0.15, 0.2) is 0 Å². The lowest BCUT2D eigenvalue weighted by Gasteiger charge is -2.51. The molecule has 4 N–H and O–H groups in total. The first kappa shape index (κ1) is 24.8. The fraction of sp³-hybridized carbons (Fsp3) is 0.667. The maximum atomic E-state index is 13.4. The molecule has 0 spiro atoms. The van der Waals surface area contributed by atoms with Crippen molar-refractivity contribution in [3.05, 3.63) is 34.9 Å². The van der Waals surface area contributed by atoms with Crippen LogP contribution >= 0.6 is 11.6 Å². The molecule has 1 saturated carbocycles. The molecule has 0 bridgehead atoms. The molecule has 3 amide bonds. The number of hydrogen-bond acceptors (Lipinski definition) is 4. The summed E-state index contributed by atoms with van der Waals surface area (Å²) in [5.41, 5.74) is -0.899. The average Bonchev–Trinajstić information content (AvgIpc) is 3.12. The van der Waals surface area contributed by atoms with Gasteiger partial charge in [-0.15, -0.1) is 0 Å². The molecular formula is C24H36ClN3O4. The number of nitrogens with one attached hydrogen (secondary N) is 2. The van der Waals surface area contributed by atoms with Crippen molar-refractivity contribution in [2.45, 2.75) is 77.2 Å². The Morgan fingerprint density at radius 1 is 1.19 bits per heavy atom. The molecule has 1 aromatic carbocycles. The molecule has 0 unspecified atom stereocenters. The zero-order chi connectivity index (χ0) is 23.7. The van der Waals surface area contributed by atoms with E-state index in [1.54, 1.807) is 17.0 Å². The molecule has 0 aromatic heterocycles. The van der Waals surface area contributed by atoms with Crippen molar-refractivity contribution in [3.8, 4) is 0 Å². The topological polar surface area (TPSA) is 102 Å². The van der Waals surface area contributed by atoms with Crippen LogP contribution in [0.3, 0.4) is 0 Å². The number of urea groups is 1. The van der Waals surface area contributed by atoms with Gasteiger partial charge in [-0.3, -0.25) is 4.79 Å². The van der Waals surface area contributed by atoms with Crippen LogP contribution in [0, 0.1) is 11.3 Å². The molecule has 1 aromatic rings. The number of piperidine rings is 1. The van der Waals surface area contributed by atoms with E-state index in [-0.39, 0.29) is 30.0 Å². The summed E-state index contributed by atoms with van der Waals surface area (Å²) in [4.78, 5) is 27.7. The van der Waals surface area contributed by atoms with Crippen molar-refractivity contribution >= 4 is 23.5 Å². The minimum Gasteiger partial charge on any atom is -0.393 e. The van der Waals surface area contributed by atoms with Crippen molar-refractivity contribution in [2.75, 3.05) is 13.1 Å². The molecule has 3 rings (SSSR count). The monoisotopic (exact) mass is 465 g/mol. The van der Waals surface area contributed by atoms with Crippen LogP contribution < -0.4 is 10.6 Å². The lowest BCUT2D eigenvalue weighted by Crippen LogP contribution is -2.61. The van der Waals surface area contributed by atoms with Gasteiger partial charge in [-0.1, -0.05) is 51.4 Å². The SMILES string of the molecule is CC(C)[C@@H](NC(=O)N[C@H]1CC[C@@H](O)C1)C(=O)N1CC[C@](O)(c2ccc(Cl)cc2)C(C)(C)C1. The summed E-state index contributed by atoms with van der Waals surface area (Å²) in [7, 11) is 0. The first-order chi connectivity index (χ1) is 14.9. The van der Waals surface area contributed by atoms with E-state index in [0.29, 0.717) is 37.4 Å². The molecular weight excluding hydrogens is 430 g/mol. The summed E-state index contributed by atoms with van der Waals surface area (Å²) in [5, 5.41) is 27.5. The summed E-state index contributed by atoms with van der Waals surface area (Å²) in [6.07, 6.45) is 1.97. The van der Waals surface area contributed by atoms with Crippen molar-refractivity contribution in [2.24, 2.45) is 11.3 Å². The highest BCUT2D eigenvalue weighted by atomic mass is 35.5. The lowest BCUT2D eigenvalue weighted by atomic mass is 9.66. The van der Waals surface area contributed by atoms with Crippen LogP contribution in [-0.4, -0.2) is 58.3 Å². The van der Waals surface area contributed by atoms with Crippen LogP contribution in [-0.2, 0) is 10.4 Å². The number of rotatable bonds is 5. The molecule has 1 aliphatic heterocycles. The lowest BCUT2D eigenvalue weighted by molar-refractivity contribution is -0.155. The fourth-order valence-electron chi connectivity index (χ4n) is 4.94. The second-order valence-electron chi connectivity index (χ2n) is 10.3. The fourth-order valence-corrected chi connectivity index (χ4v) is 5.06. The number of halogens is 1. The quantitative estimate of drug-likeness (QED) is 0.536. The number of amides is 3. The standard InChI is InChI=1S/C24H36ClN3O4/c1-15(2)20(27-22(31)26-18-9-10-19(29)13-18)21(30)28-12-11-24(32,23(3,4)14-28)16-5-7-17(25)8-6-16/h5-8,15,18-20,29,32H,9-14H2,1-4H3,(H2,26,27,31)/t18-,19+,20+,24-/m0/s1. The third kappa shape index (κ3) is 5.21. The molecule has 178 valence electrons. The number of hydrogen-bond donors (Lipinski definition) is 4. The van der Waals surface area contributed by atoms with Gasteiger partial charge in [-0.2, -0.15) is 0 Å². The predicted octanol–water partition coefficient (Wildman–Crippen LogP) is 3.02. The summed E-state index contributed by atoms with van der Waals surface area (Å²) < 4.78 is 0. The van der Waals surface area contributed by atoms with E-state index in [9.17, 15) is 19.8 Å². The largest absolute Gasteiger partial charge is 0.393 e. The molecule has 2 fully saturated rings. The Bertz CT molecular complexity index is 829. The maximum Gasteiger partial charge on any atom is 0.315 e. The highest BCUT2D eigenvalue weighted by molar-refractivity contribution is 6.30. The summed E-state index contributed by atoms with van der Waals surface area (Å²) in [6, 6.07) is 6.08. The van der Waals surface area contributed by atoms with E-state index < -0.39 is 17.1 Å². The van der Waals surface area contributed by atoms with Gasteiger partial charge in [0.05, 0.1) is 11.7 Å². The van der Waals surface area contributed by atoms with Gasteiger partial charge >= 0.3 is 6.03 Å². The Morgan fingerprint density at radius 3 is 2.38 bits per heavy atom. The third-order valence-electron chi connectivity index (χ3n) is 7.04. The van der Waals surface area contributed by atoms with Crippen LogP contribution in [0.4, 0.5) is 4.79 Å². The molecule has 8 heteroatoms. The van der Waals surface area contributed by atoms with Gasteiger partial charge in [0, 0.05) is 29.6 Å². The maximum absolute atomic E-state index is 13.4. The van der Waals surface area contributed by atoms with Gasteiger partial charge in [0.2, 0.25) is 5.91 Å². The zero-order valence-electron chi connectivity index (χ0n) is 19.4. The molecule has 4 atom stereocenters. The molecule has 7 nitrogen and oxygen atoms in total. The van der Waals surface area contributed by atoms with Gasteiger partial charge in [-0.05, 0) is 49.3 Å². The number of nitrogens with zero attached hydrogens (tertiary/aromatic N) is 1. The van der Waals surface area contributed by atoms with E-state index >= 15 is 0 Å². The smallest absolute Gasteiger partial charge is 0.315 e. The molecule has 0 radical (unpaired) electrons. The second kappa shape index (κ2) is 9.57. The Morgan fingerprint density at radius 2 is 1.84 bits per heavy atom. The first-order valence-electron chi connectivity index (χ1n) is 11.5. The third-order valence-corrected chi connectivity index (χ3v) is 7.29. The van der Waals surface area contributed by atoms with Gasteiger partial charge in [0.1, 0.15) is 6.04 Å². The molecule has 2 aliphatic rings. The Labute approximate surface area is 195 Å². The Hall–Kier alpha value is -1.83. The molecule has 1 saturated heterocycles. The number of aliphatic hydroxyl groups is 2. The summed E-state index contributed by atoms with van der Waals surface area (Å²) in [5.74, 6) is -0.240. The number of likely N-dealkylation sites (tertiary alicyclic amines) is 1. The van der Waals surface area contributed by atoms with Crippen molar-refractivity contribution in [1.82, 2.24) is 15.5 Å². The van der Waals surface area contributed by atoms with Crippen molar-refractivity contribution < 1.29 is 19.8 Å². The van der Waals surface area contributed by atoms with Gasteiger partial charge in [0.25, 0.3) is 0 Å². The van der Waals surface area contributed by atoms with Crippen LogP contribution in [0.1, 0.15) is 58.9 Å². The number of carbonyl (C=O) groups excluding carboxylic acids is 2. The Balaban J connectivity index is 1.67. The van der Waals surface area contributed by atoms with Gasteiger partial charge in [-0.25, -0.2) is 4.79 Å². The van der Waals surface area contributed by atoms with Crippen LogP contribution in [0.2, 0.25) is 5.02 Å². The van der Waals surface area contributed by atoms with E-state index in [2.05, 4.69) is 10.6 Å². The normalized spacial score (nSPS) is 28.4. The second-order valence-corrected chi connectivity index (χ2v) is 10.7. The first-order valence-corrected chi connectivity index (χ1v) is 11.8. The molecule has 32 heavy (non-hydrogen) atoms. The van der Waals surface area contributed by atoms with Crippen molar-refractivity contribution in [3.63, 3.8) is 0 Å². The highest BCUT2D eigenvalue weighted by Crippen LogP contribution is 2.46. The average molecular weight is 466 g/mol. The Kier molecular flexibility index (Phi) is 7.42. The van der Waals surface area contributed by atoms with Crippen LogP contribution in [0.5, 0.6) is 0 Å². The van der Waals surface area contributed by atoms with Crippen molar-refractivity contribution in [1.29, 1.82) is 0 Å². The van der Waals surface area contributed by atoms with Crippen LogP contribution in [0.15, 0.2) is 24.3 Å². The minimum absolute atomic E-state index is 0.0729. The van der Waals surface area contributed by atoms with E-state index in [1.165, 1.54) is 0 Å². The number of carbonyl (C=O) groups is 2. The highest BCUT2D eigenvalue weighted by Gasteiger charge is 2.50. The molecule has 1 heterocycles. The van der Waals surface area contributed by atoms with E-state index in [0.717, 1.165) is 12.0 Å². The van der Waals surface area contributed by atoms with E-state index in [4.69, 9.17) is 11.6 Å². The summed E-state index contributed by atoms with van der Waals surface area (Å²) in [6.45, 7) is 8.48. The van der Waals surface area contributed by atoms with Gasteiger partial charge < -0.3 is 25.7 Å². The number of aliphatic hydroxyl groups excluding tert-OH is 1. The predicted molar refractivity (Wildman–Crippen MR) is 124 cm³/mol. The minimum atomic E-state index is -1.09. The molecule has 1 aliphatic carbocycles. The zero-order valence-corrected chi connectivity index (χ0v) is 20.2. The van der Waals surface area contributed by atoms with E-state index in [1.807, 2.05) is 39.8 Å². The summed E-state index contributed by atoms with van der Waals surface area (Å²) >= 11 is 6.01. The number of benzene rings is 1.